The van der Waals surface area contributed by atoms with E-state index in [1.165, 1.54) is 4.90 Å². The number of alkyl halides is 3. The predicted octanol–water partition coefficient (Wildman–Crippen LogP) is 2.13. The molecule has 0 unspecified atom stereocenters. The van der Waals surface area contributed by atoms with Gasteiger partial charge in [0.2, 0.25) is 5.91 Å². The van der Waals surface area contributed by atoms with Gasteiger partial charge in [-0.3, -0.25) is 4.79 Å². The molecule has 17 heavy (non-hydrogen) atoms. The van der Waals surface area contributed by atoms with E-state index in [1.54, 1.807) is 0 Å². The van der Waals surface area contributed by atoms with Crippen molar-refractivity contribution >= 4 is 5.91 Å². The summed E-state index contributed by atoms with van der Waals surface area (Å²) >= 11 is 0. The zero-order valence-corrected chi connectivity index (χ0v) is 9.72. The van der Waals surface area contributed by atoms with E-state index >= 15 is 0 Å². The van der Waals surface area contributed by atoms with E-state index in [4.69, 9.17) is 4.74 Å². The summed E-state index contributed by atoms with van der Waals surface area (Å²) in [7, 11) is 0. The Bertz CT molecular complexity index is 300. The molecular formula is C11H16F3NO2. The van der Waals surface area contributed by atoms with Gasteiger partial charge in [-0.05, 0) is 12.8 Å². The molecule has 0 radical (unpaired) electrons. The van der Waals surface area contributed by atoms with Crippen LogP contribution in [0.15, 0.2) is 11.6 Å². The van der Waals surface area contributed by atoms with Crippen LogP contribution in [0.5, 0.6) is 0 Å². The van der Waals surface area contributed by atoms with Crippen LogP contribution in [0.2, 0.25) is 0 Å². The number of hydrogen-bond donors (Lipinski definition) is 0. The Kier molecular flexibility index (Phi) is 4.99. The van der Waals surface area contributed by atoms with Gasteiger partial charge in [0.25, 0.3) is 0 Å². The molecule has 0 spiro atoms. The molecule has 0 aromatic rings. The summed E-state index contributed by atoms with van der Waals surface area (Å²) in [6.45, 7) is 2.48. The van der Waals surface area contributed by atoms with E-state index in [1.807, 2.05) is 6.92 Å². The molecule has 0 N–H and O–H groups in total. The molecule has 0 aliphatic carbocycles. The van der Waals surface area contributed by atoms with Crippen LogP contribution in [-0.4, -0.2) is 43.3 Å². The highest BCUT2D eigenvalue weighted by Gasteiger charge is 2.35. The van der Waals surface area contributed by atoms with E-state index in [-0.39, 0.29) is 32.0 Å². The molecule has 0 saturated carbocycles. The van der Waals surface area contributed by atoms with Crippen LogP contribution in [0.3, 0.4) is 0 Å². The van der Waals surface area contributed by atoms with Gasteiger partial charge in [0.05, 0.1) is 0 Å². The lowest BCUT2D eigenvalue weighted by Crippen LogP contribution is -2.38. The molecule has 3 nitrogen and oxygen atoms in total. The van der Waals surface area contributed by atoms with Crippen LogP contribution in [0.4, 0.5) is 13.2 Å². The Balaban J connectivity index is 2.41. The number of carbonyl (C=O) groups excluding carboxylic acids is 1. The molecule has 0 aromatic carbocycles. The van der Waals surface area contributed by atoms with E-state index in [2.05, 4.69) is 0 Å². The molecule has 1 amide bonds. The topological polar surface area (TPSA) is 29.5 Å². The minimum absolute atomic E-state index is 0.0170. The van der Waals surface area contributed by atoms with E-state index in [0.717, 1.165) is 12.5 Å². The molecule has 1 heterocycles. The second-order valence-corrected chi connectivity index (χ2v) is 3.87. The number of ether oxygens (including phenoxy) is 1. The second kappa shape index (κ2) is 6.05. The summed E-state index contributed by atoms with van der Waals surface area (Å²) in [5.41, 5.74) is -0.545. The first kappa shape index (κ1) is 14.0. The number of amides is 1. The lowest BCUT2D eigenvalue weighted by molar-refractivity contribution is -0.137. The van der Waals surface area contributed by atoms with Gasteiger partial charge in [0.1, 0.15) is 6.61 Å². The zero-order chi connectivity index (χ0) is 12.9. The quantitative estimate of drug-likeness (QED) is 0.566. The van der Waals surface area contributed by atoms with E-state index in [9.17, 15) is 18.0 Å². The summed E-state index contributed by atoms with van der Waals surface area (Å²) in [6.07, 6.45) is -2.52. The fourth-order valence-electron chi connectivity index (χ4n) is 1.55. The Morgan fingerprint density at radius 3 is 2.71 bits per heavy atom. The summed E-state index contributed by atoms with van der Waals surface area (Å²) in [6, 6.07) is 0. The van der Waals surface area contributed by atoms with Crippen molar-refractivity contribution in [1.29, 1.82) is 0 Å². The Morgan fingerprint density at radius 1 is 1.53 bits per heavy atom. The van der Waals surface area contributed by atoms with Crippen LogP contribution in [0, 0.1) is 0 Å². The van der Waals surface area contributed by atoms with Crippen molar-refractivity contribution in [2.45, 2.75) is 25.9 Å². The van der Waals surface area contributed by atoms with Crippen LogP contribution in [0.1, 0.15) is 19.8 Å². The van der Waals surface area contributed by atoms with E-state index < -0.39 is 11.7 Å². The van der Waals surface area contributed by atoms with Gasteiger partial charge >= 0.3 is 6.18 Å². The third kappa shape index (κ3) is 4.38. The lowest BCUT2D eigenvalue weighted by Gasteiger charge is -2.27. The van der Waals surface area contributed by atoms with Crippen molar-refractivity contribution in [3.63, 3.8) is 0 Å². The van der Waals surface area contributed by atoms with E-state index in [0.29, 0.717) is 6.61 Å². The number of nitrogens with zero attached hydrogens (tertiary/aromatic N) is 1. The number of rotatable bonds is 4. The summed E-state index contributed by atoms with van der Waals surface area (Å²) < 4.78 is 42.0. The number of hydrogen-bond acceptors (Lipinski definition) is 2. The molecule has 0 fully saturated rings. The molecule has 0 saturated heterocycles. The van der Waals surface area contributed by atoms with Gasteiger partial charge in [-0.2, -0.15) is 13.2 Å². The normalized spacial score (nSPS) is 16.9. The van der Waals surface area contributed by atoms with Crippen molar-refractivity contribution in [3.8, 4) is 0 Å². The van der Waals surface area contributed by atoms with Gasteiger partial charge in [0, 0.05) is 25.3 Å². The summed E-state index contributed by atoms with van der Waals surface area (Å²) in [4.78, 5) is 12.9. The van der Waals surface area contributed by atoms with Crippen LogP contribution in [-0.2, 0) is 9.53 Å². The van der Waals surface area contributed by atoms with Crippen molar-refractivity contribution in [1.82, 2.24) is 4.90 Å². The Morgan fingerprint density at radius 2 is 2.24 bits per heavy atom. The monoisotopic (exact) mass is 251 g/mol. The lowest BCUT2D eigenvalue weighted by atomic mass is 10.1. The Labute approximate surface area is 98.2 Å². The largest absolute Gasteiger partial charge is 0.412 e. The smallest absolute Gasteiger partial charge is 0.372 e. The molecule has 6 heteroatoms. The second-order valence-electron chi connectivity index (χ2n) is 3.87. The highest BCUT2D eigenvalue weighted by Crippen LogP contribution is 2.30. The van der Waals surface area contributed by atoms with Gasteiger partial charge < -0.3 is 9.64 Å². The molecule has 0 aromatic heterocycles. The van der Waals surface area contributed by atoms with Crippen molar-refractivity contribution in [2.24, 2.45) is 0 Å². The fraction of sp³-hybridized carbons (Fsp3) is 0.727. The standard InChI is InChI=1S/C11H16F3NO2/c1-2-7-17-8-10(16)15-5-3-9(4-6-15)11(12,13)14/h3H,2,4-8H2,1H3. The average molecular weight is 251 g/mol. The number of carbonyl (C=O) groups is 1. The van der Waals surface area contributed by atoms with Gasteiger partial charge in [-0.15, -0.1) is 0 Å². The SMILES string of the molecule is CCCOCC(=O)N1CC=C(C(F)(F)F)CC1. The van der Waals surface area contributed by atoms with Crippen molar-refractivity contribution < 1.29 is 22.7 Å². The summed E-state index contributed by atoms with van der Waals surface area (Å²) in [5, 5.41) is 0. The van der Waals surface area contributed by atoms with Crippen molar-refractivity contribution in [3.05, 3.63) is 11.6 Å². The van der Waals surface area contributed by atoms with Gasteiger partial charge in [-0.1, -0.05) is 13.0 Å². The minimum Gasteiger partial charge on any atom is -0.372 e. The predicted molar refractivity (Wildman–Crippen MR) is 56.4 cm³/mol. The molecule has 1 rings (SSSR count). The maximum Gasteiger partial charge on any atom is 0.412 e. The van der Waals surface area contributed by atoms with Gasteiger partial charge in [0.15, 0.2) is 0 Å². The van der Waals surface area contributed by atoms with Crippen molar-refractivity contribution in [2.75, 3.05) is 26.3 Å². The highest BCUT2D eigenvalue weighted by atomic mass is 19.4. The maximum absolute atomic E-state index is 12.3. The van der Waals surface area contributed by atoms with Gasteiger partial charge in [-0.25, -0.2) is 0 Å². The first-order valence-electron chi connectivity index (χ1n) is 5.57. The first-order valence-corrected chi connectivity index (χ1v) is 5.57. The minimum atomic E-state index is -4.27. The van der Waals surface area contributed by atoms with Crippen LogP contribution in [0.25, 0.3) is 0 Å². The number of halogens is 3. The highest BCUT2D eigenvalue weighted by molar-refractivity contribution is 5.77. The Hall–Kier alpha value is -1.04. The molecule has 1 aliphatic rings. The molecule has 98 valence electrons. The third-order valence-corrected chi connectivity index (χ3v) is 2.50. The maximum atomic E-state index is 12.3. The van der Waals surface area contributed by atoms with Crippen LogP contribution >= 0.6 is 0 Å². The molecule has 0 atom stereocenters. The average Bonchev–Trinajstić information content (AvgIpc) is 2.28. The zero-order valence-electron chi connectivity index (χ0n) is 9.72. The first-order chi connectivity index (χ1) is 7.95. The molecular weight excluding hydrogens is 235 g/mol. The fourth-order valence-corrected chi connectivity index (χ4v) is 1.55. The van der Waals surface area contributed by atoms with Crippen LogP contribution < -0.4 is 0 Å². The molecule has 0 bridgehead atoms. The molecule has 1 aliphatic heterocycles. The summed E-state index contributed by atoms with van der Waals surface area (Å²) in [5.74, 6) is -0.254. The third-order valence-electron chi connectivity index (χ3n) is 2.50.